The number of fused-ring (bicyclic) bond motifs is 1. The Balaban J connectivity index is 2.08. The van der Waals surface area contributed by atoms with Gasteiger partial charge in [0.15, 0.2) is 0 Å². The van der Waals surface area contributed by atoms with Gasteiger partial charge in [-0.3, -0.25) is 0 Å². The van der Waals surface area contributed by atoms with Gasteiger partial charge in [-0.15, -0.1) is 0 Å². The molecule has 2 unspecified atom stereocenters. The van der Waals surface area contributed by atoms with E-state index in [2.05, 4.69) is 13.3 Å². The molecule has 0 saturated carbocycles. The highest BCUT2D eigenvalue weighted by Crippen LogP contribution is 2.62. The Bertz CT molecular complexity index is 110. The van der Waals surface area contributed by atoms with E-state index in [1.165, 1.54) is 12.3 Å². The molecule has 0 aromatic rings. The maximum Gasteiger partial charge on any atom is 0.121 e. The lowest BCUT2D eigenvalue weighted by Crippen LogP contribution is -1.97. The maximum atomic E-state index is 5.32. The fourth-order valence-corrected chi connectivity index (χ4v) is 4.29. The van der Waals surface area contributed by atoms with E-state index >= 15 is 0 Å². The maximum absolute atomic E-state index is 5.32. The van der Waals surface area contributed by atoms with E-state index in [-0.39, 0.29) is 0 Å². The fourth-order valence-electron chi connectivity index (χ4n) is 1.55. The molecule has 0 spiro atoms. The molecule has 1 nitrogen and oxygen atoms in total. The lowest BCUT2D eigenvalue weighted by molar-refractivity contribution is 0.384. The van der Waals surface area contributed by atoms with Crippen LogP contribution in [0.15, 0.2) is 0 Å². The molecule has 2 atom stereocenters. The first kappa shape index (κ1) is 5.20. The van der Waals surface area contributed by atoms with E-state index in [0.717, 1.165) is 0 Å². The molecular formula is C6H12OP+. The van der Waals surface area contributed by atoms with Gasteiger partial charge in [-0.05, 0) is 0 Å². The van der Waals surface area contributed by atoms with Crippen LogP contribution >= 0.6 is 7.26 Å². The van der Waals surface area contributed by atoms with E-state index in [9.17, 15) is 0 Å². The van der Waals surface area contributed by atoms with Crippen molar-refractivity contribution in [3.8, 4) is 0 Å². The van der Waals surface area contributed by atoms with Gasteiger partial charge in [0.05, 0.1) is 12.3 Å². The van der Waals surface area contributed by atoms with Gasteiger partial charge in [0.25, 0.3) is 0 Å². The summed E-state index contributed by atoms with van der Waals surface area (Å²) in [5, 5.41) is 0. The zero-order valence-corrected chi connectivity index (χ0v) is 6.32. The molecule has 0 N–H and O–H groups in total. The van der Waals surface area contributed by atoms with Crippen molar-refractivity contribution in [3.63, 3.8) is 0 Å². The molecule has 0 aromatic carbocycles. The standard InChI is InChI=1S/C6H12OP/c1-8(2)3-5-6(4-8)7-5/h5-6H,3-4H2,1-2H3/q+1. The van der Waals surface area contributed by atoms with E-state index in [0.29, 0.717) is 12.2 Å². The van der Waals surface area contributed by atoms with Crippen LogP contribution < -0.4 is 0 Å². The molecule has 46 valence electrons. The number of epoxide rings is 1. The zero-order chi connectivity index (χ0) is 5.78. The van der Waals surface area contributed by atoms with E-state index in [1.54, 1.807) is 0 Å². The van der Waals surface area contributed by atoms with Gasteiger partial charge < -0.3 is 4.74 Å². The average molecular weight is 131 g/mol. The third-order valence-electron chi connectivity index (χ3n) is 2.04. The van der Waals surface area contributed by atoms with Gasteiger partial charge in [-0.1, -0.05) is 0 Å². The van der Waals surface area contributed by atoms with Crippen LogP contribution in [0.2, 0.25) is 0 Å². The third-order valence-corrected chi connectivity index (χ3v) is 4.73. The predicted octanol–water partition coefficient (Wildman–Crippen LogP) is 1.04. The minimum Gasteiger partial charge on any atom is -0.362 e. The summed E-state index contributed by atoms with van der Waals surface area (Å²) in [6.07, 6.45) is 4.21. The SMILES string of the molecule is C[P+]1(C)CC2OC2C1. The molecule has 2 heterocycles. The summed E-state index contributed by atoms with van der Waals surface area (Å²) in [7, 11) is -0.425. The van der Waals surface area contributed by atoms with Crippen molar-refractivity contribution in [3.05, 3.63) is 0 Å². The molecule has 2 aliphatic rings. The summed E-state index contributed by atoms with van der Waals surface area (Å²) in [5.41, 5.74) is 0. The van der Waals surface area contributed by atoms with Crippen LogP contribution in [-0.4, -0.2) is 37.9 Å². The van der Waals surface area contributed by atoms with E-state index in [1.807, 2.05) is 0 Å². The highest BCUT2D eigenvalue weighted by molar-refractivity contribution is 7.75. The van der Waals surface area contributed by atoms with Crippen LogP contribution in [0.5, 0.6) is 0 Å². The van der Waals surface area contributed by atoms with E-state index < -0.39 is 7.26 Å². The lowest BCUT2D eigenvalue weighted by Gasteiger charge is -2.09. The van der Waals surface area contributed by atoms with Crippen LogP contribution in [0.1, 0.15) is 0 Å². The van der Waals surface area contributed by atoms with Gasteiger partial charge in [-0.25, -0.2) is 0 Å². The first-order chi connectivity index (χ1) is 3.67. The summed E-state index contributed by atoms with van der Waals surface area (Å²) in [4.78, 5) is 0. The van der Waals surface area contributed by atoms with Crippen molar-refractivity contribution in [2.45, 2.75) is 12.2 Å². The number of hydrogen-bond acceptors (Lipinski definition) is 1. The summed E-state index contributed by atoms with van der Waals surface area (Å²) < 4.78 is 5.32. The monoisotopic (exact) mass is 131 g/mol. The minimum atomic E-state index is -0.425. The molecule has 2 rings (SSSR count). The molecule has 2 aliphatic heterocycles. The number of ether oxygens (including phenoxy) is 1. The Hall–Kier alpha value is 0.390. The van der Waals surface area contributed by atoms with Crippen LogP contribution in [0.4, 0.5) is 0 Å². The number of hydrogen-bond donors (Lipinski definition) is 0. The van der Waals surface area contributed by atoms with Crippen molar-refractivity contribution < 1.29 is 4.74 Å². The first-order valence-corrected chi connectivity index (χ1v) is 6.20. The van der Waals surface area contributed by atoms with Crippen molar-refractivity contribution in [1.29, 1.82) is 0 Å². The van der Waals surface area contributed by atoms with Gasteiger partial charge >= 0.3 is 0 Å². The van der Waals surface area contributed by atoms with Crippen molar-refractivity contribution in [1.82, 2.24) is 0 Å². The van der Waals surface area contributed by atoms with Gasteiger partial charge in [0, 0.05) is 20.6 Å². The van der Waals surface area contributed by atoms with Crippen LogP contribution in [-0.2, 0) is 4.74 Å². The topological polar surface area (TPSA) is 12.5 Å². The van der Waals surface area contributed by atoms with Crippen molar-refractivity contribution in [2.24, 2.45) is 0 Å². The van der Waals surface area contributed by atoms with E-state index in [4.69, 9.17) is 4.74 Å². The quantitative estimate of drug-likeness (QED) is 0.353. The minimum absolute atomic E-state index is 0.425. The predicted molar refractivity (Wildman–Crippen MR) is 37.2 cm³/mol. The number of rotatable bonds is 0. The molecular weight excluding hydrogens is 119 g/mol. The van der Waals surface area contributed by atoms with Crippen LogP contribution in [0, 0.1) is 0 Å². The second-order valence-corrected chi connectivity index (χ2v) is 8.12. The van der Waals surface area contributed by atoms with Gasteiger partial charge in [0.2, 0.25) is 0 Å². The zero-order valence-electron chi connectivity index (χ0n) is 5.42. The molecule has 0 aliphatic carbocycles. The summed E-state index contributed by atoms with van der Waals surface area (Å²) in [6, 6.07) is 0. The second kappa shape index (κ2) is 1.27. The van der Waals surface area contributed by atoms with Crippen LogP contribution in [0.3, 0.4) is 0 Å². The Labute approximate surface area is 50.8 Å². The summed E-state index contributed by atoms with van der Waals surface area (Å²) >= 11 is 0. The summed E-state index contributed by atoms with van der Waals surface area (Å²) in [5.74, 6) is 0. The van der Waals surface area contributed by atoms with Gasteiger partial charge in [0.1, 0.15) is 12.2 Å². The highest BCUT2D eigenvalue weighted by atomic mass is 31.2. The Morgan fingerprint density at radius 3 is 2.00 bits per heavy atom. The largest absolute Gasteiger partial charge is 0.362 e. The molecule has 0 aromatic heterocycles. The highest BCUT2D eigenvalue weighted by Gasteiger charge is 2.56. The van der Waals surface area contributed by atoms with Crippen molar-refractivity contribution >= 4 is 7.26 Å². The average Bonchev–Trinajstić information content (AvgIpc) is 2.11. The lowest BCUT2D eigenvalue weighted by atomic mass is 10.4. The van der Waals surface area contributed by atoms with Crippen molar-refractivity contribution in [2.75, 3.05) is 25.7 Å². The molecule has 8 heavy (non-hydrogen) atoms. The van der Waals surface area contributed by atoms with Gasteiger partial charge in [-0.2, -0.15) is 0 Å². The Morgan fingerprint density at radius 2 is 1.75 bits per heavy atom. The molecule has 0 radical (unpaired) electrons. The third kappa shape index (κ3) is 0.691. The molecule has 2 heteroatoms. The molecule has 2 fully saturated rings. The van der Waals surface area contributed by atoms with Crippen LogP contribution in [0.25, 0.3) is 0 Å². The smallest absolute Gasteiger partial charge is 0.121 e. The molecule has 0 bridgehead atoms. The summed E-state index contributed by atoms with van der Waals surface area (Å²) in [6.45, 7) is 4.87. The first-order valence-electron chi connectivity index (χ1n) is 3.15. The second-order valence-electron chi connectivity index (χ2n) is 3.51. The normalized spacial score (nSPS) is 48.8. The molecule has 2 saturated heterocycles. The fraction of sp³-hybridized carbons (Fsp3) is 1.00. The Morgan fingerprint density at radius 1 is 1.25 bits per heavy atom. The Kier molecular flexibility index (Phi) is 0.828. The molecule has 0 amide bonds.